The number of hydrogen-bond donors (Lipinski definition) is 1. The maximum Gasteiger partial charge on any atom is 0.342 e. The van der Waals surface area contributed by atoms with E-state index in [1.165, 1.54) is 35.5 Å². The van der Waals surface area contributed by atoms with Crippen molar-refractivity contribution in [3.8, 4) is 11.5 Å². The topological polar surface area (TPSA) is 109 Å². The number of nitrogens with zero attached hydrogens (tertiary/aromatic N) is 3. The maximum absolute atomic E-state index is 12.5. The Bertz CT molecular complexity index is 1010. The highest BCUT2D eigenvalue weighted by molar-refractivity contribution is 6.02. The maximum atomic E-state index is 12.5. The molecule has 0 spiro atoms. The molecule has 39 heavy (non-hydrogen) atoms. The lowest BCUT2D eigenvalue weighted by Gasteiger charge is -2.35. The van der Waals surface area contributed by atoms with Crippen LogP contribution >= 0.6 is 0 Å². The first-order valence-electron chi connectivity index (χ1n) is 14.4. The van der Waals surface area contributed by atoms with Crippen LogP contribution in [0.15, 0.2) is 12.1 Å². The molecule has 2 saturated heterocycles. The number of amides is 3. The highest BCUT2D eigenvalue weighted by Crippen LogP contribution is 2.41. The van der Waals surface area contributed by atoms with Gasteiger partial charge in [-0.2, -0.15) is 0 Å². The van der Waals surface area contributed by atoms with E-state index in [9.17, 15) is 14.4 Å². The van der Waals surface area contributed by atoms with E-state index in [1.54, 1.807) is 20.3 Å². The van der Waals surface area contributed by atoms with Crippen molar-refractivity contribution in [2.24, 2.45) is 0 Å². The number of likely N-dealkylation sites (tertiary alicyclic amines) is 1. The number of imide groups is 1. The summed E-state index contributed by atoms with van der Waals surface area (Å²) in [5, 5.41) is 9.09. The van der Waals surface area contributed by atoms with Gasteiger partial charge in [-0.3, -0.25) is 9.69 Å². The van der Waals surface area contributed by atoms with Gasteiger partial charge in [-0.25, -0.2) is 9.59 Å². The number of fused-ring (bicyclic) bond motifs is 1. The lowest BCUT2D eigenvalue weighted by Crippen LogP contribution is -2.48. The van der Waals surface area contributed by atoms with Crippen molar-refractivity contribution in [2.45, 2.75) is 76.4 Å². The molecule has 10 heteroatoms. The Morgan fingerprint density at radius 3 is 2.28 bits per heavy atom. The van der Waals surface area contributed by atoms with E-state index in [1.807, 2.05) is 6.07 Å². The van der Waals surface area contributed by atoms with Crippen LogP contribution < -0.4 is 9.47 Å². The van der Waals surface area contributed by atoms with E-state index >= 15 is 0 Å². The number of cyclic esters (lactones) is 1. The zero-order valence-corrected chi connectivity index (χ0v) is 23.4. The molecular weight excluding hydrogens is 502 g/mol. The van der Waals surface area contributed by atoms with Crippen LogP contribution in [0.5, 0.6) is 11.5 Å². The lowest BCUT2D eigenvalue weighted by atomic mass is 9.98. The molecule has 3 amide bonds. The Kier molecular flexibility index (Phi) is 10.4. The predicted octanol–water partition coefficient (Wildman–Crippen LogP) is 3.76. The van der Waals surface area contributed by atoms with Crippen molar-refractivity contribution in [1.29, 1.82) is 0 Å². The molecule has 2 fully saturated rings. The van der Waals surface area contributed by atoms with Crippen LogP contribution in [-0.2, 0) is 9.53 Å². The molecule has 4 rings (SSSR count). The number of rotatable bonds is 15. The molecule has 1 aromatic rings. The molecule has 1 atom stereocenters. The molecule has 0 aromatic heterocycles. The molecule has 3 aliphatic rings. The molecule has 0 unspecified atom stereocenters. The number of hydrogen-bond acceptors (Lipinski definition) is 8. The Hall–Kier alpha value is -2.85. The van der Waals surface area contributed by atoms with Crippen molar-refractivity contribution in [2.75, 3.05) is 53.6 Å². The highest BCUT2D eigenvalue weighted by Gasteiger charge is 2.41. The van der Waals surface area contributed by atoms with Crippen LogP contribution in [-0.4, -0.2) is 97.3 Å². The normalized spacial score (nSPS) is 20.1. The van der Waals surface area contributed by atoms with Crippen LogP contribution in [0.2, 0.25) is 0 Å². The Morgan fingerprint density at radius 2 is 1.62 bits per heavy atom. The molecule has 0 aliphatic carbocycles. The van der Waals surface area contributed by atoms with Gasteiger partial charge >= 0.3 is 12.0 Å². The van der Waals surface area contributed by atoms with Gasteiger partial charge in [0.1, 0.15) is 29.7 Å². The summed E-state index contributed by atoms with van der Waals surface area (Å²) in [6.07, 6.45) is 10.3. The number of methoxy groups -OCH3 is 2. The third-order valence-corrected chi connectivity index (χ3v) is 8.17. The number of piperidine rings is 1. The Morgan fingerprint density at radius 1 is 0.923 bits per heavy atom. The van der Waals surface area contributed by atoms with Crippen molar-refractivity contribution in [1.82, 2.24) is 14.7 Å². The molecular formula is C29H43N3O7. The molecule has 1 aromatic carbocycles. The number of β-amino-alcohol motifs (C(OH)–C–C–N with tert-alkyl or cyclic N) is 1. The highest BCUT2D eigenvalue weighted by atomic mass is 16.6. The third-order valence-electron chi connectivity index (χ3n) is 8.17. The van der Waals surface area contributed by atoms with Crippen molar-refractivity contribution in [3.63, 3.8) is 0 Å². The van der Waals surface area contributed by atoms with Gasteiger partial charge in [0.05, 0.1) is 20.8 Å². The van der Waals surface area contributed by atoms with E-state index in [0.717, 1.165) is 63.7 Å². The quantitative estimate of drug-likeness (QED) is 0.202. The van der Waals surface area contributed by atoms with Gasteiger partial charge in [-0.05, 0) is 44.7 Å². The van der Waals surface area contributed by atoms with Crippen molar-refractivity contribution in [3.05, 3.63) is 23.3 Å². The second kappa shape index (κ2) is 14.0. The first-order valence-corrected chi connectivity index (χ1v) is 14.4. The SMILES string of the molecule is COc1cc(OC)c2c(c1)[C@@H](CCCCCCCCCN1CCC(N3C(=O)CN(CCO)C3=O)CC1)OC2=O. The monoisotopic (exact) mass is 545 g/mol. The molecule has 216 valence electrons. The minimum atomic E-state index is -0.318. The molecule has 3 aliphatic heterocycles. The number of urea groups is 1. The van der Waals surface area contributed by atoms with Gasteiger partial charge in [0, 0.05) is 37.3 Å². The van der Waals surface area contributed by atoms with Crippen molar-refractivity contribution >= 4 is 17.9 Å². The van der Waals surface area contributed by atoms with Gasteiger partial charge < -0.3 is 29.1 Å². The van der Waals surface area contributed by atoms with E-state index < -0.39 is 0 Å². The molecule has 1 N–H and O–H groups in total. The van der Waals surface area contributed by atoms with E-state index in [4.69, 9.17) is 19.3 Å². The van der Waals surface area contributed by atoms with Crippen LogP contribution in [0, 0.1) is 0 Å². The standard InChI is InChI=1S/C29H43N3O7/c1-37-22-18-23-24(39-28(35)27(23)25(19-22)38-2)10-8-6-4-3-5-7-9-13-30-14-11-21(12-15-30)32-26(34)20-31(16-17-33)29(32)36/h18-19,21,24,33H,3-17,20H2,1-2H3/t24-/m1/s1. The number of aliphatic hydroxyl groups is 1. The summed E-state index contributed by atoms with van der Waals surface area (Å²) in [6, 6.07) is 3.34. The van der Waals surface area contributed by atoms with Crippen LogP contribution in [0.4, 0.5) is 4.79 Å². The number of aliphatic hydroxyl groups excluding tert-OH is 1. The third kappa shape index (κ3) is 7.03. The summed E-state index contributed by atoms with van der Waals surface area (Å²) in [5.41, 5.74) is 1.39. The van der Waals surface area contributed by atoms with E-state index in [-0.39, 0.29) is 49.7 Å². The fourth-order valence-corrected chi connectivity index (χ4v) is 6.00. The van der Waals surface area contributed by atoms with Gasteiger partial charge in [0.2, 0.25) is 0 Å². The van der Waals surface area contributed by atoms with Gasteiger partial charge in [-0.1, -0.05) is 32.1 Å². The fourth-order valence-electron chi connectivity index (χ4n) is 6.00. The van der Waals surface area contributed by atoms with Gasteiger partial charge in [0.25, 0.3) is 5.91 Å². The molecule has 0 bridgehead atoms. The summed E-state index contributed by atoms with van der Waals surface area (Å²) in [5.74, 6) is 0.715. The zero-order chi connectivity index (χ0) is 27.8. The Labute approximate surface area is 231 Å². The fraction of sp³-hybridized carbons (Fsp3) is 0.690. The predicted molar refractivity (Wildman–Crippen MR) is 145 cm³/mol. The average molecular weight is 546 g/mol. The van der Waals surface area contributed by atoms with E-state index in [2.05, 4.69) is 4.90 Å². The second-order valence-electron chi connectivity index (χ2n) is 10.7. The summed E-state index contributed by atoms with van der Waals surface area (Å²) in [4.78, 5) is 42.4. The molecule has 0 radical (unpaired) electrons. The van der Waals surface area contributed by atoms with Crippen LogP contribution in [0.25, 0.3) is 0 Å². The van der Waals surface area contributed by atoms with Gasteiger partial charge in [0.15, 0.2) is 0 Å². The average Bonchev–Trinajstić information content (AvgIpc) is 3.41. The Balaban J connectivity index is 1.05. The van der Waals surface area contributed by atoms with Crippen molar-refractivity contribution < 1.29 is 33.7 Å². The minimum Gasteiger partial charge on any atom is -0.497 e. The first kappa shape index (κ1) is 29.1. The number of esters is 1. The number of unbranched alkanes of at least 4 members (excludes halogenated alkanes) is 6. The number of benzene rings is 1. The summed E-state index contributed by atoms with van der Waals surface area (Å²) >= 11 is 0. The number of carbonyl (C=O) groups is 3. The summed E-state index contributed by atoms with van der Waals surface area (Å²) in [6.45, 7) is 3.07. The second-order valence-corrected chi connectivity index (χ2v) is 10.7. The first-order chi connectivity index (χ1) is 19.0. The largest absolute Gasteiger partial charge is 0.497 e. The summed E-state index contributed by atoms with van der Waals surface area (Å²) in [7, 11) is 3.15. The zero-order valence-electron chi connectivity index (χ0n) is 23.4. The van der Waals surface area contributed by atoms with Crippen LogP contribution in [0.1, 0.15) is 86.2 Å². The smallest absolute Gasteiger partial charge is 0.342 e. The molecule has 10 nitrogen and oxygen atoms in total. The van der Waals surface area contributed by atoms with Gasteiger partial charge in [-0.15, -0.1) is 0 Å². The molecule has 3 heterocycles. The van der Waals surface area contributed by atoms with Crippen LogP contribution in [0.3, 0.4) is 0 Å². The molecule has 0 saturated carbocycles. The minimum absolute atomic E-state index is 0.0183. The number of carbonyl (C=O) groups excluding carboxylic acids is 3. The lowest BCUT2D eigenvalue weighted by molar-refractivity contribution is -0.127. The van der Waals surface area contributed by atoms with E-state index in [0.29, 0.717) is 17.1 Å². The number of ether oxygens (including phenoxy) is 3. The summed E-state index contributed by atoms with van der Waals surface area (Å²) < 4.78 is 16.4.